The highest BCUT2D eigenvalue weighted by Crippen LogP contribution is 1.88. The van der Waals surface area contributed by atoms with Crippen molar-refractivity contribution in [2.24, 2.45) is 0 Å². The zero-order chi connectivity index (χ0) is 30.3. The Bertz CT molecular complexity index is 754. The van der Waals surface area contributed by atoms with Gasteiger partial charge in [-0.15, -0.1) is 0 Å². The fraction of sp³-hybridized carbons (Fsp3) is 0.478. The van der Waals surface area contributed by atoms with Crippen LogP contribution in [0.4, 0.5) is 0 Å². The molecule has 0 bridgehead atoms. The number of methoxy groups -OCH3 is 3. The number of carboxylic acid groups (broad SMARTS) is 1. The van der Waals surface area contributed by atoms with E-state index in [0.717, 1.165) is 30.4 Å². The van der Waals surface area contributed by atoms with Gasteiger partial charge in [0.05, 0.1) is 61.0 Å². The SMILES string of the molecule is COC(=O)/C=C/C(=O)O.COC(=O)/C=C/C(=O)OCCOCCOC(=O)/C=C/C(=O)OC.OCCOCCO. The molecule has 0 fully saturated rings. The number of aliphatic carboxylic acids is 1. The summed E-state index contributed by atoms with van der Waals surface area (Å²) in [7, 11) is 3.54. The van der Waals surface area contributed by atoms with Crippen molar-refractivity contribution in [1.82, 2.24) is 0 Å². The van der Waals surface area contributed by atoms with Crippen LogP contribution in [-0.4, -0.2) is 125 Å². The first-order valence-corrected chi connectivity index (χ1v) is 10.8. The van der Waals surface area contributed by atoms with Crippen LogP contribution >= 0.6 is 0 Å². The summed E-state index contributed by atoms with van der Waals surface area (Å²) in [6.45, 7) is 0.822. The van der Waals surface area contributed by atoms with Crippen LogP contribution in [0.5, 0.6) is 0 Å². The third-order valence-electron chi connectivity index (χ3n) is 3.09. The van der Waals surface area contributed by atoms with Gasteiger partial charge in [-0.2, -0.15) is 0 Å². The first kappa shape index (κ1) is 39.4. The van der Waals surface area contributed by atoms with Crippen LogP contribution in [0.15, 0.2) is 36.5 Å². The van der Waals surface area contributed by atoms with Gasteiger partial charge >= 0.3 is 35.8 Å². The molecule has 0 heterocycles. The first-order chi connectivity index (χ1) is 18.6. The minimum Gasteiger partial charge on any atom is -0.478 e. The van der Waals surface area contributed by atoms with Gasteiger partial charge in [0.25, 0.3) is 0 Å². The Balaban J connectivity index is -0.000000658. The van der Waals surface area contributed by atoms with Crippen molar-refractivity contribution in [1.29, 1.82) is 0 Å². The number of esters is 5. The van der Waals surface area contributed by atoms with E-state index in [2.05, 4.69) is 18.9 Å². The number of hydrogen-bond donors (Lipinski definition) is 3. The Kier molecular flexibility index (Phi) is 30.4. The number of carbonyl (C=O) groups excluding carboxylic acids is 5. The second-order valence-corrected chi connectivity index (χ2v) is 5.91. The van der Waals surface area contributed by atoms with E-state index < -0.39 is 35.8 Å². The summed E-state index contributed by atoms with van der Waals surface area (Å²) in [4.78, 5) is 63.5. The Morgan fingerprint density at radius 2 is 0.795 bits per heavy atom. The molecule has 222 valence electrons. The third-order valence-corrected chi connectivity index (χ3v) is 3.09. The van der Waals surface area contributed by atoms with Crippen LogP contribution < -0.4 is 0 Å². The van der Waals surface area contributed by atoms with Crippen molar-refractivity contribution >= 4 is 35.8 Å². The van der Waals surface area contributed by atoms with Crippen molar-refractivity contribution in [3.63, 3.8) is 0 Å². The molecule has 0 aliphatic carbocycles. The van der Waals surface area contributed by atoms with Gasteiger partial charge in [-0.1, -0.05) is 0 Å². The largest absolute Gasteiger partial charge is 0.478 e. The van der Waals surface area contributed by atoms with E-state index in [9.17, 15) is 28.8 Å². The predicted molar refractivity (Wildman–Crippen MR) is 129 cm³/mol. The van der Waals surface area contributed by atoms with Crippen LogP contribution in [0.1, 0.15) is 0 Å². The van der Waals surface area contributed by atoms with Gasteiger partial charge in [0.1, 0.15) is 13.2 Å². The monoisotopic (exact) mass is 566 g/mol. The molecule has 0 atom stereocenters. The summed E-state index contributed by atoms with van der Waals surface area (Å²) in [5, 5.41) is 24.1. The molecule has 0 amide bonds. The molecule has 0 radical (unpaired) electrons. The second-order valence-electron chi connectivity index (χ2n) is 5.91. The maximum absolute atomic E-state index is 11.1. The molecule has 0 aromatic heterocycles. The van der Waals surface area contributed by atoms with Crippen LogP contribution in [0, 0.1) is 0 Å². The van der Waals surface area contributed by atoms with Gasteiger partial charge in [-0.3, -0.25) is 0 Å². The lowest BCUT2D eigenvalue weighted by molar-refractivity contribution is -0.142. The van der Waals surface area contributed by atoms with Crippen molar-refractivity contribution in [2.75, 3.05) is 74.2 Å². The molecule has 0 spiro atoms. The lowest BCUT2D eigenvalue weighted by Gasteiger charge is -2.05. The third kappa shape index (κ3) is 36.1. The molecular weight excluding hydrogens is 532 g/mol. The van der Waals surface area contributed by atoms with Gasteiger partial charge in [0.2, 0.25) is 0 Å². The standard InChI is InChI=1S/C14H18O9.C5H6O4.C4H10O3/c1-19-11(15)3-5-13(17)22-9-7-21-8-10-23-14(18)6-4-12(16)20-2;1-9-5(8)3-2-4(6)7;5-1-3-7-4-2-6/h3-6H,7-10H2,1-2H3;2-3H,1H3,(H,6,7);5-6H,1-4H2/b5-3+,6-4+;3-2+;. The van der Waals surface area contributed by atoms with Crippen molar-refractivity contribution in [3.8, 4) is 0 Å². The number of hydrogen-bond acceptors (Lipinski definition) is 15. The lowest BCUT2D eigenvalue weighted by atomic mass is 10.5. The van der Waals surface area contributed by atoms with Crippen molar-refractivity contribution in [2.45, 2.75) is 0 Å². The summed E-state index contributed by atoms with van der Waals surface area (Å²) in [5.74, 6) is -4.59. The fourth-order valence-corrected chi connectivity index (χ4v) is 1.45. The number of aliphatic hydroxyl groups is 2. The number of rotatable bonds is 16. The molecular formula is C23H34O16. The summed E-state index contributed by atoms with van der Waals surface area (Å²) in [6.07, 6.45) is 5.28. The van der Waals surface area contributed by atoms with Gasteiger partial charge in [0.15, 0.2) is 0 Å². The molecule has 0 rings (SSSR count). The van der Waals surface area contributed by atoms with Crippen LogP contribution in [0.25, 0.3) is 0 Å². The van der Waals surface area contributed by atoms with E-state index in [1.165, 1.54) is 21.3 Å². The highest BCUT2D eigenvalue weighted by Gasteiger charge is 2.01. The average Bonchev–Trinajstić information content (AvgIpc) is 2.93. The summed E-state index contributed by atoms with van der Waals surface area (Å²) in [5.41, 5.74) is 0. The molecule has 0 saturated heterocycles. The minimum absolute atomic E-state index is 0.0272. The van der Waals surface area contributed by atoms with Gasteiger partial charge in [-0.25, -0.2) is 28.8 Å². The highest BCUT2D eigenvalue weighted by molar-refractivity contribution is 5.92. The molecule has 0 aliphatic heterocycles. The molecule has 3 N–H and O–H groups in total. The molecule has 0 aromatic carbocycles. The molecule has 0 aliphatic rings. The number of aliphatic hydroxyl groups excluding tert-OH is 2. The Morgan fingerprint density at radius 3 is 1.10 bits per heavy atom. The lowest BCUT2D eigenvalue weighted by Crippen LogP contribution is -2.13. The number of carboxylic acids is 1. The zero-order valence-electron chi connectivity index (χ0n) is 21.8. The summed E-state index contributed by atoms with van der Waals surface area (Å²) in [6, 6.07) is 0. The Morgan fingerprint density at radius 1 is 0.487 bits per heavy atom. The molecule has 16 nitrogen and oxygen atoms in total. The quantitative estimate of drug-likeness (QED) is 0.0821. The van der Waals surface area contributed by atoms with E-state index in [1.54, 1.807) is 0 Å². The Hall–Kier alpha value is -4.12. The maximum Gasteiger partial charge on any atom is 0.331 e. The topological polar surface area (TPSA) is 228 Å². The average molecular weight is 567 g/mol. The smallest absolute Gasteiger partial charge is 0.331 e. The summed E-state index contributed by atoms with van der Waals surface area (Å²) >= 11 is 0. The zero-order valence-corrected chi connectivity index (χ0v) is 21.8. The van der Waals surface area contributed by atoms with E-state index >= 15 is 0 Å². The summed E-state index contributed by atoms with van der Waals surface area (Å²) < 4.78 is 31.8. The van der Waals surface area contributed by atoms with Crippen molar-refractivity contribution in [3.05, 3.63) is 36.5 Å². The normalized spacial score (nSPS) is 10.1. The van der Waals surface area contributed by atoms with Gasteiger partial charge in [0, 0.05) is 36.5 Å². The van der Waals surface area contributed by atoms with E-state index in [0.29, 0.717) is 19.3 Å². The first-order valence-electron chi connectivity index (χ1n) is 10.8. The van der Waals surface area contributed by atoms with Gasteiger partial charge in [-0.05, 0) is 0 Å². The highest BCUT2D eigenvalue weighted by atomic mass is 16.6. The van der Waals surface area contributed by atoms with E-state index in [-0.39, 0.29) is 39.6 Å². The van der Waals surface area contributed by atoms with E-state index in [4.69, 9.17) is 29.5 Å². The maximum atomic E-state index is 11.1. The fourth-order valence-electron chi connectivity index (χ4n) is 1.45. The van der Waals surface area contributed by atoms with Crippen molar-refractivity contribution < 1.29 is 77.2 Å². The van der Waals surface area contributed by atoms with Crippen LogP contribution in [0.2, 0.25) is 0 Å². The minimum atomic E-state index is -1.17. The number of ether oxygens (including phenoxy) is 7. The van der Waals surface area contributed by atoms with Gasteiger partial charge < -0.3 is 48.5 Å². The molecule has 39 heavy (non-hydrogen) atoms. The van der Waals surface area contributed by atoms with E-state index in [1.807, 2.05) is 0 Å². The molecule has 0 saturated carbocycles. The molecule has 0 unspecified atom stereocenters. The van der Waals surface area contributed by atoms with Crippen LogP contribution in [-0.2, 0) is 61.9 Å². The molecule has 0 aromatic rings. The molecule has 16 heteroatoms. The Labute approximate surface area is 224 Å². The second kappa shape index (κ2) is 30.1. The van der Waals surface area contributed by atoms with Crippen LogP contribution in [0.3, 0.4) is 0 Å². The predicted octanol–water partition coefficient (Wildman–Crippen LogP) is -1.66. The number of carbonyl (C=O) groups is 6.